The van der Waals surface area contributed by atoms with E-state index in [2.05, 4.69) is 47.2 Å². The van der Waals surface area contributed by atoms with E-state index in [4.69, 9.17) is 4.74 Å². The molecule has 15 heavy (non-hydrogen) atoms. The molecule has 0 amide bonds. The molecule has 0 saturated heterocycles. The summed E-state index contributed by atoms with van der Waals surface area (Å²) in [5.41, 5.74) is 3.80. The van der Waals surface area contributed by atoms with Crippen LogP contribution < -0.4 is 5.32 Å². The number of ether oxygens (including phenoxy) is 1. The number of halogens is 1. The minimum atomic E-state index is 0.807. The predicted octanol–water partition coefficient (Wildman–Crippen LogP) is 3.51. The third-order valence-electron chi connectivity index (χ3n) is 2.32. The summed E-state index contributed by atoms with van der Waals surface area (Å²) in [5, 5.41) is 3.44. The molecule has 84 valence electrons. The van der Waals surface area contributed by atoms with E-state index in [9.17, 15) is 0 Å². The first-order chi connectivity index (χ1) is 7.15. The summed E-state index contributed by atoms with van der Waals surface area (Å²) in [5.74, 6) is 0. The van der Waals surface area contributed by atoms with Crippen molar-refractivity contribution in [1.29, 1.82) is 0 Å². The third kappa shape index (κ3) is 3.84. The summed E-state index contributed by atoms with van der Waals surface area (Å²) < 4.78 is 6.15. The smallest absolute Gasteiger partial charge is 0.0479 e. The van der Waals surface area contributed by atoms with Gasteiger partial charge < -0.3 is 10.1 Å². The molecule has 2 nitrogen and oxygen atoms in total. The van der Waals surface area contributed by atoms with Crippen molar-refractivity contribution in [2.75, 3.05) is 25.6 Å². The van der Waals surface area contributed by atoms with Crippen LogP contribution in [0.15, 0.2) is 16.6 Å². The summed E-state index contributed by atoms with van der Waals surface area (Å²) in [6.45, 7) is 6.01. The van der Waals surface area contributed by atoms with E-state index in [1.54, 1.807) is 7.11 Å². The van der Waals surface area contributed by atoms with Gasteiger partial charge in [0.2, 0.25) is 0 Å². The first kappa shape index (κ1) is 12.5. The van der Waals surface area contributed by atoms with Crippen molar-refractivity contribution in [1.82, 2.24) is 0 Å². The molecule has 0 atom stereocenters. The highest BCUT2D eigenvalue weighted by Gasteiger charge is 2.02. The van der Waals surface area contributed by atoms with Gasteiger partial charge in [0.05, 0.1) is 0 Å². The lowest BCUT2D eigenvalue weighted by molar-refractivity contribution is 0.198. The van der Waals surface area contributed by atoms with Gasteiger partial charge >= 0.3 is 0 Å². The Hall–Kier alpha value is -0.540. The number of hydrogen-bond acceptors (Lipinski definition) is 2. The van der Waals surface area contributed by atoms with Crippen molar-refractivity contribution in [2.24, 2.45) is 0 Å². The minimum Gasteiger partial charge on any atom is -0.385 e. The molecule has 0 aliphatic rings. The molecule has 1 N–H and O–H groups in total. The van der Waals surface area contributed by atoms with Crippen LogP contribution in [0.1, 0.15) is 17.5 Å². The molecule has 0 unspecified atom stereocenters. The number of aryl methyl sites for hydroxylation is 2. The molecule has 0 aliphatic carbocycles. The molecule has 0 radical (unpaired) electrons. The highest BCUT2D eigenvalue weighted by Crippen LogP contribution is 2.24. The molecule has 0 saturated carbocycles. The largest absolute Gasteiger partial charge is 0.385 e. The maximum atomic E-state index is 5.01. The molecule has 1 rings (SSSR count). The molecule has 0 heterocycles. The Bertz CT molecular complexity index is 302. The van der Waals surface area contributed by atoms with Gasteiger partial charge in [0, 0.05) is 30.4 Å². The van der Waals surface area contributed by atoms with Crippen molar-refractivity contribution in [2.45, 2.75) is 20.3 Å². The highest BCUT2D eigenvalue weighted by molar-refractivity contribution is 9.10. The number of methoxy groups -OCH3 is 1. The second-order valence-electron chi connectivity index (χ2n) is 3.69. The second kappa shape index (κ2) is 6.13. The van der Waals surface area contributed by atoms with Crippen molar-refractivity contribution < 1.29 is 4.74 Å². The molecule has 0 aromatic heterocycles. The van der Waals surface area contributed by atoms with Gasteiger partial charge in [0.1, 0.15) is 0 Å². The van der Waals surface area contributed by atoms with Crippen LogP contribution in [0.25, 0.3) is 0 Å². The number of anilines is 1. The van der Waals surface area contributed by atoms with E-state index < -0.39 is 0 Å². The Morgan fingerprint density at radius 3 is 2.40 bits per heavy atom. The fraction of sp³-hybridized carbons (Fsp3) is 0.500. The van der Waals surface area contributed by atoms with Gasteiger partial charge in [0.15, 0.2) is 0 Å². The lowest BCUT2D eigenvalue weighted by Crippen LogP contribution is -2.07. The average Bonchev–Trinajstić information content (AvgIpc) is 2.15. The highest BCUT2D eigenvalue weighted by atomic mass is 79.9. The molecule has 0 bridgehead atoms. The van der Waals surface area contributed by atoms with Gasteiger partial charge in [-0.05, 0) is 43.5 Å². The Kier molecular flexibility index (Phi) is 5.12. The zero-order chi connectivity index (χ0) is 11.3. The Morgan fingerprint density at radius 2 is 1.87 bits per heavy atom. The normalized spacial score (nSPS) is 10.4. The Morgan fingerprint density at radius 1 is 1.27 bits per heavy atom. The van der Waals surface area contributed by atoms with Crippen LogP contribution in [-0.4, -0.2) is 20.3 Å². The molecule has 3 heteroatoms. The monoisotopic (exact) mass is 271 g/mol. The van der Waals surface area contributed by atoms with Crippen LogP contribution in [-0.2, 0) is 4.74 Å². The van der Waals surface area contributed by atoms with E-state index in [0.29, 0.717) is 0 Å². The summed E-state index contributed by atoms with van der Waals surface area (Å²) in [6, 6.07) is 4.26. The van der Waals surface area contributed by atoms with Gasteiger partial charge in [-0.3, -0.25) is 0 Å². The first-order valence-electron chi connectivity index (χ1n) is 5.14. The van der Waals surface area contributed by atoms with Crippen molar-refractivity contribution in [3.8, 4) is 0 Å². The summed E-state index contributed by atoms with van der Waals surface area (Å²) >= 11 is 3.49. The molecule has 0 aliphatic heterocycles. The minimum absolute atomic E-state index is 0.807. The molecule has 0 spiro atoms. The lowest BCUT2D eigenvalue weighted by Gasteiger charge is -2.13. The number of rotatable bonds is 5. The second-order valence-corrected chi connectivity index (χ2v) is 4.60. The van der Waals surface area contributed by atoms with Gasteiger partial charge in [-0.1, -0.05) is 15.9 Å². The van der Waals surface area contributed by atoms with E-state index >= 15 is 0 Å². The van der Waals surface area contributed by atoms with E-state index in [-0.39, 0.29) is 0 Å². The Labute approximate surface area is 100 Å². The van der Waals surface area contributed by atoms with Crippen LogP contribution in [0.2, 0.25) is 0 Å². The van der Waals surface area contributed by atoms with Crippen molar-refractivity contribution >= 4 is 21.6 Å². The van der Waals surface area contributed by atoms with Gasteiger partial charge in [-0.2, -0.15) is 0 Å². The van der Waals surface area contributed by atoms with Gasteiger partial charge in [-0.25, -0.2) is 0 Å². The maximum Gasteiger partial charge on any atom is 0.0479 e. The maximum absolute atomic E-state index is 5.01. The molecule has 0 fully saturated rings. The summed E-state index contributed by atoms with van der Waals surface area (Å²) in [4.78, 5) is 0. The van der Waals surface area contributed by atoms with Crippen LogP contribution in [0.3, 0.4) is 0 Å². The summed E-state index contributed by atoms with van der Waals surface area (Å²) in [6.07, 6.45) is 1.03. The van der Waals surface area contributed by atoms with E-state index in [1.165, 1.54) is 16.8 Å². The zero-order valence-corrected chi connectivity index (χ0v) is 11.1. The number of hydrogen-bond donors (Lipinski definition) is 1. The first-order valence-corrected chi connectivity index (χ1v) is 5.94. The number of benzene rings is 1. The molecule has 1 aromatic rings. The van der Waals surface area contributed by atoms with Gasteiger partial charge in [-0.15, -0.1) is 0 Å². The predicted molar refractivity (Wildman–Crippen MR) is 68.6 cm³/mol. The van der Waals surface area contributed by atoms with E-state index in [1.807, 2.05) is 0 Å². The van der Waals surface area contributed by atoms with Crippen LogP contribution in [0.5, 0.6) is 0 Å². The van der Waals surface area contributed by atoms with Crippen molar-refractivity contribution in [3.05, 3.63) is 27.7 Å². The lowest BCUT2D eigenvalue weighted by atomic mass is 10.1. The standard InChI is InChI=1S/C12H18BrNO/c1-9-7-11(13)8-10(2)12(9)14-5-4-6-15-3/h7-8,14H,4-6H2,1-3H3. The SMILES string of the molecule is COCCCNc1c(C)cc(Br)cc1C. The zero-order valence-electron chi connectivity index (χ0n) is 9.56. The Balaban J connectivity index is 2.60. The van der Waals surface area contributed by atoms with E-state index in [0.717, 1.165) is 24.0 Å². The van der Waals surface area contributed by atoms with Crippen LogP contribution in [0, 0.1) is 13.8 Å². The third-order valence-corrected chi connectivity index (χ3v) is 2.78. The average molecular weight is 272 g/mol. The molecule has 1 aromatic carbocycles. The fourth-order valence-electron chi connectivity index (χ4n) is 1.62. The van der Waals surface area contributed by atoms with Crippen LogP contribution in [0.4, 0.5) is 5.69 Å². The topological polar surface area (TPSA) is 21.3 Å². The quantitative estimate of drug-likeness (QED) is 0.828. The van der Waals surface area contributed by atoms with Crippen LogP contribution >= 0.6 is 15.9 Å². The molecular formula is C12H18BrNO. The van der Waals surface area contributed by atoms with Crippen molar-refractivity contribution in [3.63, 3.8) is 0 Å². The fourth-order valence-corrected chi connectivity index (χ4v) is 2.31. The number of nitrogens with one attached hydrogen (secondary N) is 1. The molecular weight excluding hydrogens is 254 g/mol. The van der Waals surface area contributed by atoms with Gasteiger partial charge in [0.25, 0.3) is 0 Å². The summed E-state index contributed by atoms with van der Waals surface area (Å²) in [7, 11) is 1.73.